The van der Waals surface area contributed by atoms with Crippen molar-refractivity contribution in [3.05, 3.63) is 60.2 Å². The molecular weight excluding hydrogens is 328 g/mol. The van der Waals surface area contributed by atoms with E-state index in [4.69, 9.17) is 0 Å². The van der Waals surface area contributed by atoms with Gasteiger partial charge in [-0.3, -0.25) is 4.79 Å². The van der Waals surface area contributed by atoms with E-state index in [1.165, 1.54) is 0 Å². The highest BCUT2D eigenvalue weighted by molar-refractivity contribution is 6.00. The average molecular weight is 352 g/mol. The monoisotopic (exact) mass is 352 g/mol. The van der Waals surface area contributed by atoms with Crippen LogP contribution < -0.4 is 16.0 Å². The zero-order chi connectivity index (χ0) is 18.6. The van der Waals surface area contributed by atoms with Crippen molar-refractivity contribution in [3.8, 4) is 0 Å². The van der Waals surface area contributed by atoms with Gasteiger partial charge >= 0.3 is 6.03 Å². The molecular formula is C20H24N4O2. The summed E-state index contributed by atoms with van der Waals surface area (Å²) in [4.78, 5) is 26.7. The van der Waals surface area contributed by atoms with Gasteiger partial charge in [0.05, 0.1) is 5.54 Å². The van der Waals surface area contributed by atoms with Crippen molar-refractivity contribution in [1.82, 2.24) is 10.2 Å². The summed E-state index contributed by atoms with van der Waals surface area (Å²) in [7, 11) is 0. The number of urea groups is 1. The van der Waals surface area contributed by atoms with E-state index in [-0.39, 0.29) is 17.5 Å². The number of nitrogens with zero attached hydrogens (tertiary/aromatic N) is 1. The summed E-state index contributed by atoms with van der Waals surface area (Å²) in [6.45, 7) is 6.37. The number of anilines is 2. The van der Waals surface area contributed by atoms with Crippen LogP contribution in [0.5, 0.6) is 0 Å². The Labute approximate surface area is 153 Å². The van der Waals surface area contributed by atoms with E-state index in [0.717, 1.165) is 18.8 Å². The van der Waals surface area contributed by atoms with E-state index >= 15 is 0 Å². The van der Waals surface area contributed by atoms with Gasteiger partial charge in [-0.05, 0) is 50.2 Å². The number of rotatable bonds is 3. The molecule has 3 amide bonds. The van der Waals surface area contributed by atoms with E-state index < -0.39 is 0 Å². The first-order chi connectivity index (χ1) is 12.5. The Balaban J connectivity index is 1.63. The minimum Gasteiger partial charge on any atom is -0.331 e. The zero-order valence-electron chi connectivity index (χ0n) is 15.1. The van der Waals surface area contributed by atoms with Gasteiger partial charge in [-0.2, -0.15) is 0 Å². The number of hydrogen-bond acceptors (Lipinski definition) is 3. The lowest BCUT2D eigenvalue weighted by atomic mass is 9.98. The van der Waals surface area contributed by atoms with Crippen LogP contribution in [0.1, 0.15) is 24.2 Å². The SMILES string of the molecule is CC1(C)CNCCN1C(=O)c1ccc(NC(=O)Nc2ccccc2)cc1. The van der Waals surface area contributed by atoms with Crippen LogP contribution in [0.15, 0.2) is 54.6 Å². The Hall–Kier alpha value is -2.86. The smallest absolute Gasteiger partial charge is 0.323 e. The fourth-order valence-electron chi connectivity index (χ4n) is 3.03. The molecule has 136 valence electrons. The summed E-state index contributed by atoms with van der Waals surface area (Å²) in [5.74, 6) is 0.0109. The van der Waals surface area contributed by atoms with Gasteiger partial charge in [-0.15, -0.1) is 0 Å². The molecule has 6 heteroatoms. The second-order valence-corrected chi connectivity index (χ2v) is 6.97. The number of piperazine rings is 1. The topological polar surface area (TPSA) is 73.5 Å². The van der Waals surface area contributed by atoms with Crippen LogP contribution in [-0.4, -0.2) is 42.0 Å². The minimum atomic E-state index is -0.321. The van der Waals surface area contributed by atoms with Crippen LogP contribution in [0.4, 0.5) is 16.2 Å². The van der Waals surface area contributed by atoms with Crippen LogP contribution in [0.25, 0.3) is 0 Å². The van der Waals surface area contributed by atoms with Crippen LogP contribution >= 0.6 is 0 Å². The molecule has 0 atom stereocenters. The Morgan fingerprint density at radius 2 is 1.58 bits per heavy atom. The van der Waals surface area contributed by atoms with E-state index in [1.54, 1.807) is 24.3 Å². The molecule has 2 aromatic rings. The first-order valence-electron chi connectivity index (χ1n) is 8.71. The van der Waals surface area contributed by atoms with Gasteiger partial charge in [0.25, 0.3) is 5.91 Å². The number of nitrogens with one attached hydrogen (secondary N) is 3. The van der Waals surface area contributed by atoms with Crippen LogP contribution in [-0.2, 0) is 0 Å². The molecule has 0 radical (unpaired) electrons. The highest BCUT2D eigenvalue weighted by Gasteiger charge is 2.33. The molecule has 26 heavy (non-hydrogen) atoms. The molecule has 0 bridgehead atoms. The van der Waals surface area contributed by atoms with E-state index in [1.807, 2.05) is 35.2 Å². The molecule has 0 spiro atoms. The van der Waals surface area contributed by atoms with Gasteiger partial charge in [0.15, 0.2) is 0 Å². The lowest BCUT2D eigenvalue weighted by molar-refractivity contribution is 0.0477. The lowest BCUT2D eigenvalue weighted by Crippen LogP contribution is -2.59. The molecule has 2 aromatic carbocycles. The highest BCUT2D eigenvalue weighted by Crippen LogP contribution is 2.20. The van der Waals surface area contributed by atoms with Crippen molar-refractivity contribution in [1.29, 1.82) is 0 Å². The third-order valence-electron chi connectivity index (χ3n) is 4.47. The number of carbonyl (C=O) groups excluding carboxylic acids is 2. The fourth-order valence-corrected chi connectivity index (χ4v) is 3.03. The lowest BCUT2D eigenvalue weighted by Gasteiger charge is -2.42. The van der Waals surface area contributed by atoms with E-state index in [0.29, 0.717) is 17.8 Å². The Bertz CT molecular complexity index is 772. The molecule has 0 aromatic heterocycles. The maximum Gasteiger partial charge on any atom is 0.323 e. The van der Waals surface area contributed by atoms with Crippen LogP contribution in [0.3, 0.4) is 0 Å². The van der Waals surface area contributed by atoms with E-state index in [9.17, 15) is 9.59 Å². The van der Waals surface area contributed by atoms with Crippen molar-refractivity contribution in [2.45, 2.75) is 19.4 Å². The predicted molar refractivity (Wildman–Crippen MR) is 104 cm³/mol. The second-order valence-electron chi connectivity index (χ2n) is 6.97. The molecule has 3 rings (SSSR count). The summed E-state index contributed by atoms with van der Waals surface area (Å²) in [6, 6.07) is 15.9. The number of benzene rings is 2. The fraction of sp³-hybridized carbons (Fsp3) is 0.300. The largest absolute Gasteiger partial charge is 0.331 e. The normalized spacial score (nSPS) is 16.0. The molecule has 1 aliphatic rings. The van der Waals surface area contributed by atoms with Crippen molar-refractivity contribution in [2.24, 2.45) is 0 Å². The van der Waals surface area contributed by atoms with Crippen molar-refractivity contribution < 1.29 is 9.59 Å². The third-order valence-corrected chi connectivity index (χ3v) is 4.47. The van der Waals surface area contributed by atoms with Crippen molar-refractivity contribution >= 4 is 23.3 Å². The molecule has 1 aliphatic heterocycles. The third kappa shape index (κ3) is 4.21. The van der Waals surface area contributed by atoms with Gasteiger partial charge in [-0.25, -0.2) is 4.79 Å². The summed E-state index contributed by atoms with van der Waals surface area (Å²) in [5, 5.41) is 8.84. The molecule has 0 unspecified atom stereocenters. The maximum atomic E-state index is 12.8. The van der Waals surface area contributed by atoms with Crippen molar-refractivity contribution in [2.75, 3.05) is 30.3 Å². The molecule has 1 fully saturated rings. The summed E-state index contributed by atoms with van der Waals surface area (Å²) in [5.41, 5.74) is 1.75. The Morgan fingerprint density at radius 3 is 2.19 bits per heavy atom. The standard InChI is InChI=1S/C20H24N4O2/c1-20(2)14-21-12-13-24(20)18(25)15-8-10-17(11-9-15)23-19(26)22-16-6-4-3-5-7-16/h3-11,21H,12-14H2,1-2H3,(H2,22,23,26). The van der Waals surface area contributed by atoms with Gasteiger partial charge in [0, 0.05) is 36.6 Å². The molecule has 6 nitrogen and oxygen atoms in total. The number of para-hydroxylation sites is 1. The van der Waals surface area contributed by atoms with Gasteiger partial charge < -0.3 is 20.9 Å². The molecule has 1 heterocycles. The molecule has 3 N–H and O–H groups in total. The summed E-state index contributed by atoms with van der Waals surface area (Å²) < 4.78 is 0. The van der Waals surface area contributed by atoms with Gasteiger partial charge in [-0.1, -0.05) is 18.2 Å². The van der Waals surface area contributed by atoms with Gasteiger partial charge in [0.1, 0.15) is 0 Å². The van der Waals surface area contributed by atoms with Crippen molar-refractivity contribution in [3.63, 3.8) is 0 Å². The summed E-state index contributed by atoms with van der Waals surface area (Å²) >= 11 is 0. The second kappa shape index (κ2) is 7.58. The van der Waals surface area contributed by atoms with Crippen LogP contribution in [0.2, 0.25) is 0 Å². The zero-order valence-corrected chi connectivity index (χ0v) is 15.1. The Kier molecular flexibility index (Phi) is 5.23. The number of amides is 3. The van der Waals surface area contributed by atoms with Gasteiger partial charge in [0.2, 0.25) is 0 Å². The quantitative estimate of drug-likeness (QED) is 0.794. The molecule has 0 saturated carbocycles. The Morgan fingerprint density at radius 1 is 0.962 bits per heavy atom. The number of carbonyl (C=O) groups is 2. The highest BCUT2D eigenvalue weighted by atomic mass is 16.2. The first-order valence-corrected chi connectivity index (χ1v) is 8.71. The molecule has 0 aliphatic carbocycles. The minimum absolute atomic E-state index is 0.0109. The van der Waals surface area contributed by atoms with E-state index in [2.05, 4.69) is 29.8 Å². The van der Waals surface area contributed by atoms with Crippen LogP contribution in [0, 0.1) is 0 Å². The summed E-state index contributed by atoms with van der Waals surface area (Å²) in [6.07, 6.45) is 0. The maximum absolute atomic E-state index is 12.8. The molecule has 1 saturated heterocycles. The number of hydrogen-bond donors (Lipinski definition) is 3. The average Bonchev–Trinajstić information content (AvgIpc) is 2.62. The predicted octanol–water partition coefficient (Wildman–Crippen LogP) is 3.15. The first kappa shape index (κ1) is 17.9.